The first-order valence-corrected chi connectivity index (χ1v) is 7.91. The molecule has 22 heavy (non-hydrogen) atoms. The molecule has 0 N–H and O–H groups in total. The lowest BCUT2D eigenvalue weighted by Crippen LogP contribution is -1.95. The number of nitrogens with zero attached hydrogens (tertiary/aromatic N) is 3. The van der Waals surface area contributed by atoms with Gasteiger partial charge in [-0.05, 0) is 42.8 Å². The van der Waals surface area contributed by atoms with Crippen LogP contribution in [-0.4, -0.2) is 14.2 Å². The second-order valence-corrected chi connectivity index (χ2v) is 6.17. The molecule has 0 amide bonds. The van der Waals surface area contributed by atoms with E-state index in [-0.39, 0.29) is 0 Å². The minimum atomic E-state index is 0.974. The summed E-state index contributed by atoms with van der Waals surface area (Å²) >= 11 is 3.48. The zero-order chi connectivity index (χ0) is 15.1. The van der Waals surface area contributed by atoms with Gasteiger partial charge in [-0.25, -0.2) is 4.68 Å². The van der Waals surface area contributed by atoms with Crippen LogP contribution < -0.4 is 0 Å². The zero-order valence-electron chi connectivity index (χ0n) is 12.1. The SMILES string of the molecule is Cc1nn(-c2ccccc2)c2cc(-c3ccc(Br)cc3)cn12. The summed E-state index contributed by atoms with van der Waals surface area (Å²) in [6.07, 6.45) is 2.14. The van der Waals surface area contributed by atoms with E-state index >= 15 is 0 Å². The van der Waals surface area contributed by atoms with Crippen LogP contribution in [0.15, 0.2) is 71.3 Å². The Morgan fingerprint density at radius 3 is 2.36 bits per heavy atom. The molecule has 0 bridgehead atoms. The van der Waals surface area contributed by atoms with Crippen molar-refractivity contribution in [2.75, 3.05) is 0 Å². The highest BCUT2D eigenvalue weighted by molar-refractivity contribution is 9.10. The van der Waals surface area contributed by atoms with Crippen LogP contribution >= 0.6 is 15.9 Å². The first-order valence-electron chi connectivity index (χ1n) is 7.11. The van der Waals surface area contributed by atoms with Crippen molar-refractivity contribution in [3.8, 4) is 16.8 Å². The van der Waals surface area contributed by atoms with Crippen LogP contribution in [0.4, 0.5) is 0 Å². The Morgan fingerprint density at radius 2 is 1.64 bits per heavy atom. The molecule has 0 saturated carbocycles. The monoisotopic (exact) mass is 351 g/mol. The number of rotatable bonds is 2. The predicted molar refractivity (Wildman–Crippen MR) is 92.4 cm³/mol. The number of benzene rings is 2. The van der Waals surface area contributed by atoms with Gasteiger partial charge in [-0.2, -0.15) is 5.10 Å². The average molecular weight is 352 g/mol. The van der Waals surface area contributed by atoms with Gasteiger partial charge >= 0.3 is 0 Å². The van der Waals surface area contributed by atoms with Gasteiger partial charge in [0.05, 0.1) is 5.69 Å². The third-order valence-electron chi connectivity index (χ3n) is 3.79. The molecule has 4 heteroatoms. The molecule has 0 unspecified atom stereocenters. The van der Waals surface area contributed by atoms with E-state index in [2.05, 4.69) is 74.1 Å². The Labute approximate surface area is 137 Å². The fraction of sp³-hybridized carbons (Fsp3) is 0.0556. The Bertz CT molecular complexity index is 934. The first-order chi connectivity index (χ1) is 10.7. The quantitative estimate of drug-likeness (QED) is 0.505. The molecular weight excluding hydrogens is 338 g/mol. The molecule has 0 spiro atoms. The number of aromatic nitrogens is 3. The Hall–Kier alpha value is -2.33. The smallest absolute Gasteiger partial charge is 0.140 e. The fourth-order valence-corrected chi connectivity index (χ4v) is 2.94. The summed E-state index contributed by atoms with van der Waals surface area (Å²) < 4.78 is 5.20. The van der Waals surface area contributed by atoms with Crippen molar-refractivity contribution in [2.24, 2.45) is 0 Å². The molecular formula is C18H14BrN3. The van der Waals surface area contributed by atoms with Crippen LogP contribution in [0.2, 0.25) is 0 Å². The minimum Gasteiger partial charge on any atom is -0.288 e. The van der Waals surface area contributed by atoms with Crippen molar-refractivity contribution in [3.63, 3.8) is 0 Å². The van der Waals surface area contributed by atoms with Crippen molar-refractivity contribution in [3.05, 3.63) is 77.2 Å². The van der Waals surface area contributed by atoms with Crippen LogP contribution in [0.3, 0.4) is 0 Å². The molecule has 4 rings (SSSR count). The summed E-state index contributed by atoms with van der Waals surface area (Å²) in [5.74, 6) is 0.974. The molecule has 2 aromatic carbocycles. The van der Waals surface area contributed by atoms with Gasteiger partial charge in [0.1, 0.15) is 11.5 Å². The zero-order valence-corrected chi connectivity index (χ0v) is 13.7. The second kappa shape index (κ2) is 5.14. The molecule has 0 saturated heterocycles. The lowest BCUT2D eigenvalue weighted by atomic mass is 10.1. The number of para-hydroxylation sites is 1. The molecule has 4 aromatic rings. The molecule has 3 nitrogen and oxygen atoms in total. The van der Waals surface area contributed by atoms with Gasteiger partial charge in [0.15, 0.2) is 0 Å². The van der Waals surface area contributed by atoms with Crippen molar-refractivity contribution in [1.82, 2.24) is 14.2 Å². The van der Waals surface area contributed by atoms with Crippen LogP contribution in [0, 0.1) is 6.92 Å². The number of fused-ring (bicyclic) bond motifs is 1. The molecule has 2 heterocycles. The number of aryl methyl sites for hydroxylation is 1. The normalized spacial score (nSPS) is 11.2. The van der Waals surface area contributed by atoms with Gasteiger partial charge in [0, 0.05) is 16.2 Å². The van der Waals surface area contributed by atoms with Gasteiger partial charge in [-0.15, -0.1) is 0 Å². The summed E-state index contributed by atoms with van der Waals surface area (Å²) in [4.78, 5) is 0. The topological polar surface area (TPSA) is 22.2 Å². The van der Waals surface area contributed by atoms with E-state index in [9.17, 15) is 0 Å². The van der Waals surface area contributed by atoms with Crippen molar-refractivity contribution in [2.45, 2.75) is 6.92 Å². The lowest BCUT2D eigenvalue weighted by Gasteiger charge is -2.00. The summed E-state index contributed by atoms with van der Waals surface area (Å²) in [7, 11) is 0. The average Bonchev–Trinajstić information content (AvgIpc) is 3.10. The maximum atomic E-state index is 4.64. The largest absolute Gasteiger partial charge is 0.288 e. The standard InChI is InChI=1S/C18H14BrN3/c1-13-20-22(17-5-3-2-4-6-17)18-11-15(12-21(13)18)14-7-9-16(19)10-8-14/h2-12H,1H3. The summed E-state index contributed by atoms with van der Waals surface area (Å²) in [6, 6.07) is 20.8. The van der Waals surface area contributed by atoms with Crippen LogP contribution in [0.25, 0.3) is 22.5 Å². The van der Waals surface area contributed by atoms with E-state index in [4.69, 9.17) is 0 Å². The lowest BCUT2D eigenvalue weighted by molar-refractivity contribution is 0.883. The van der Waals surface area contributed by atoms with E-state index in [1.54, 1.807) is 0 Å². The molecule has 0 aliphatic carbocycles. The van der Waals surface area contributed by atoms with E-state index in [0.29, 0.717) is 0 Å². The van der Waals surface area contributed by atoms with Gasteiger partial charge in [0.2, 0.25) is 0 Å². The van der Waals surface area contributed by atoms with Crippen LogP contribution in [0.5, 0.6) is 0 Å². The van der Waals surface area contributed by atoms with E-state index < -0.39 is 0 Å². The number of halogens is 1. The Morgan fingerprint density at radius 1 is 0.909 bits per heavy atom. The van der Waals surface area contributed by atoms with Gasteiger partial charge in [0.25, 0.3) is 0 Å². The highest BCUT2D eigenvalue weighted by atomic mass is 79.9. The summed E-state index contributed by atoms with van der Waals surface area (Å²) in [5.41, 5.74) is 4.53. The molecule has 0 atom stereocenters. The Kier molecular flexibility index (Phi) is 3.12. The highest BCUT2D eigenvalue weighted by Crippen LogP contribution is 2.26. The van der Waals surface area contributed by atoms with Crippen molar-refractivity contribution in [1.29, 1.82) is 0 Å². The van der Waals surface area contributed by atoms with E-state index in [1.165, 1.54) is 11.1 Å². The maximum Gasteiger partial charge on any atom is 0.140 e. The molecule has 0 radical (unpaired) electrons. The van der Waals surface area contributed by atoms with Crippen LogP contribution in [0.1, 0.15) is 5.82 Å². The fourth-order valence-electron chi connectivity index (χ4n) is 2.68. The molecule has 0 fully saturated rings. The predicted octanol–water partition coefficient (Wildman–Crippen LogP) is 4.86. The second-order valence-electron chi connectivity index (χ2n) is 5.26. The number of hydrogen-bond donors (Lipinski definition) is 0. The Balaban J connectivity index is 1.89. The van der Waals surface area contributed by atoms with Crippen LogP contribution in [-0.2, 0) is 0 Å². The summed E-state index contributed by atoms with van der Waals surface area (Å²) in [5, 5.41) is 4.64. The van der Waals surface area contributed by atoms with Gasteiger partial charge < -0.3 is 0 Å². The van der Waals surface area contributed by atoms with Crippen molar-refractivity contribution < 1.29 is 0 Å². The maximum absolute atomic E-state index is 4.64. The number of hydrogen-bond acceptors (Lipinski definition) is 1. The van der Waals surface area contributed by atoms with Crippen molar-refractivity contribution >= 4 is 21.6 Å². The third kappa shape index (κ3) is 2.16. The van der Waals surface area contributed by atoms with Gasteiger partial charge in [-0.3, -0.25) is 4.40 Å². The minimum absolute atomic E-state index is 0.974. The molecule has 2 aromatic heterocycles. The molecule has 108 valence electrons. The highest BCUT2D eigenvalue weighted by Gasteiger charge is 2.11. The van der Waals surface area contributed by atoms with Gasteiger partial charge in [-0.1, -0.05) is 46.3 Å². The molecule has 0 aliphatic rings. The van der Waals surface area contributed by atoms with E-state index in [1.807, 2.05) is 29.8 Å². The molecule has 0 aliphatic heterocycles. The van der Waals surface area contributed by atoms with E-state index in [0.717, 1.165) is 21.6 Å². The summed E-state index contributed by atoms with van der Waals surface area (Å²) in [6.45, 7) is 2.03. The first kappa shape index (κ1) is 13.3. The third-order valence-corrected chi connectivity index (χ3v) is 4.32.